The molecule has 1 rings (SSSR count). The summed E-state index contributed by atoms with van der Waals surface area (Å²) < 4.78 is 11.2. The van der Waals surface area contributed by atoms with Gasteiger partial charge in [0.05, 0.1) is 14.2 Å². The predicted octanol–water partition coefficient (Wildman–Crippen LogP) is 5.58. The minimum atomic E-state index is 0.109. The van der Waals surface area contributed by atoms with Gasteiger partial charge in [-0.15, -0.1) is 0 Å². The average molecular weight is 382 g/mol. The predicted molar refractivity (Wildman–Crippen MR) is 116 cm³/mol. The molecular weight excluding hydrogens is 342 g/mol. The van der Waals surface area contributed by atoms with Crippen LogP contribution in [0, 0.1) is 0 Å². The van der Waals surface area contributed by atoms with Crippen molar-refractivity contribution in [3.63, 3.8) is 0 Å². The fourth-order valence-electron chi connectivity index (χ4n) is 3.39. The van der Waals surface area contributed by atoms with Gasteiger partial charge >= 0.3 is 0 Å². The van der Waals surface area contributed by atoms with Crippen LogP contribution in [0.5, 0.6) is 11.5 Å². The van der Waals surface area contributed by atoms with Crippen LogP contribution in [0.3, 0.4) is 0 Å². The van der Waals surface area contributed by atoms with Crippen LogP contribution in [0.4, 0.5) is 0 Å². The second-order valence-electron chi connectivity index (χ2n) is 7.31. The molecule has 3 nitrogen and oxygen atoms in total. The van der Waals surface area contributed by atoms with E-state index in [0.29, 0.717) is 0 Å². The summed E-state index contributed by atoms with van der Waals surface area (Å²) in [4.78, 5) is 0. The zero-order valence-corrected chi connectivity index (χ0v) is 18.0. The first-order chi connectivity index (χ1) is 12.6. The SMILES string of the molecule is COc1cc(CC(C)N)c(OC)cc1CCCCCCCCCCCS. The highest BCUT2D eigenvalue weighted by Crippen LogP contribution is 2.31. The maximum Gasteiger partial charge on any atom is 0.122 e. The maximum absolute atomic E-state index is 5.95. The van der Waals surface area contributed by atoms with Crippen molar-refractivity contribution in [3.8, 4) is 11.5 Å². The first kappa shape index (κ1) is 23.2. The van der Waals surface area contributed by atoms with Crippen LogP contribution < -0.4 is 15.2 Å². The number of ether oxygens (including phenoxy) is 2. The van der Waals surface area contributed by atoms with Crippen molar-refractivity contribution in [2.24, 2.45) is 5.73 Å². The molecule has 0 heterocycles. The normalized spacial score (nSPS) is 12.2. The van der Waals surface area contributed by atoms with Crippen molar-refractivity contribution in [1.29, 1.82) is 0 Å². The molecule has 0 spiro atoms. The number of unbranched alkanes of at least 4 members (excludes halogenated alkanes) is 8. The monoisotopic (exact) mass is 381 g/mol. The van der Waals surface area contributed by atoms with Crippen LogP contribution in [0.15, 0.2) is 12.1 Å². The van der Waals surface area contributed by atoms with Crippen molar-refractivity contribution >= 4 is 12.6 Å². The van der Waals surface area contributed by atoms with Gasteiger partial charge in [-0.1, -0.05) is 44.9 Å². The highest BCUT2D eigenvalue weighted by molar-refractivity contribution is 7.80. The third-order valence-electron chi connectivity index (χ3n) is 4.83. The first-order valence-corrected chi connectivity index (χ1v) is 10.9. The Morgan fingerprint density at radius 2 is 1.27 bits per heavy atom. The van der Waals surface area contributed by atoms with Gasteiger partial charge < -0.3 is 15.2 Å². The molecule has 0 saturated heterocycles. The fraction of sp³-hybridized carbons (Fsp3) is 0.727. The standard InChI is InChI=1S/C22H39NO2S/c1-18(23)15-20-17-21(24-2)19(16-22(20)25-3)13-11-9-7-5-4-6-8-10-12-14-26/h16-18,26H,4-15,23H2,1-3H3. The van der Waals surface area contributed by atoms with E-state index in [9.17, 15) is 0 Å². The average Bonchev–Trinajstić information content (AvgIpc) is 2.63. The van der Waals surface area contributed by atoms with Crippen LogP contribution in [-0.2, 0) is 12.8 Å². The zero-order chi connectivity index (χ0) is 19.2. The lowest BCUT2D eigenvalue weighted by Gasteiger charge is -2.16. The van der Waals surface area contributed by atoms with Crippen LogP contribution >= 0.6 is 12.6 Å². The Morgan fingerprint density at radius 1 is 0.808 bits per heavy atom. The molecule has 2 N–H and O–H groups in total. The molecule has 1 atom stereocenters. The molecule has 0 aliphatic heterocycles. The van der Waals surface area contributed by atoms with Crippen molar-refractivity contribution in [2.75, 3.05) is 20.0 Å². The summed E-state index contributed by atoms with van der Waals surface area (Å²) >= 11 is 4.26. The first-order valence-electron chi connectivity index (χ1n) is 10.2. The number of rotatable bonds is 15. The summed E-state index contributed by atoms with van der Waals surface area (Å²) in [7, 11) is 3.47. The molecule has 0 amide bonds. The number of nitrogens with two attached hydrogens (primary N) is 1. The van der Waals surface area contributed by atoms with E-state index in [0.717, 1.165) is 35.7 Å². The molecule has 0 saturated carbocycles. The second-order valence-corrected chi connectivity index (χ2v) is 7.76. The van der Waals surface area contributed by atoms with E-state index in [1.54, 1.807) is 14.2 Å². The molecule has 0 aliphatic carbocycles. The zero-order valence-electron chi connectivity index (χ0n) is 17.1. The summed E-state index contributed by atoms with van der Waals surface area (Å²) in [5.41, 5.74) is 8.32. The lowest BCUT2D eigenvalue weighted by atomic mass is 9.99. The van der Waals surface area contributed by atoms with Crippen LogP contribution in [0.2, 0.25) is 0 Å². The number of hydrogen-bond donors (Lipinski definition) is 2. The Hall–Kier alpha value is -0.870. The number of aryl methyl sites for hydroxylation is 1. The molecule has 0 radical (unpaired) electrons. The molecule has 1 aromatic carbocycles. The Bertz CT molecular complexity index is 491. The van der Waals surface area contributed by atoms with E-state index in [1.165, 1.54) is 63.4 Å². The van der Waals surface area contributed by atoms with Crippen LogP contribution in [0.1, 0.15) is 75.8 Å². The minimum absolute atomic E-state index is 0.109. The largest absolute Gasteiger partial charge is 0.496 e. The van der Waals surface area contributed by atoms with E-state index in [2.05, 4.69) is 24.8 Å². The third kappa shape index (κ3) is 9.18. The molecule has 0 fully saturated rings. The Kier molecular flexibility index (Phi) is 12.7. The summed E-state index contributed by atoms with van der Waals surface area (Å²) in [6, 6.07) is 4.35. The van der Waals surface area contributed by atoms with E-state index in [1.807, 2.05) is 6.92 Å². The van der Waals surface area contributed by atoms with Crippen LogP contribution in [-0.4, -0.2) is 26.0 Å². The molecule has 0 bridgehead atoms. The van der Waals surface area contributed by atoms with Gasteiger partial charge in [0.15, 0.2) is 0 Å². The summed E-state index contributed by atoms with van der Waals surface area (Å²) in [5.74, 6) is 2.92. The fourth-order valence-corrected chi connectivity index (χ4v) is 3.61. The van der Waals surface area contributed by atoms with Gasteiger partial charge in [-0.05, 0) is 61.6 Å². The molecule has 1 unspecified atom stereocenters. The van der Waals surface area contributed by atoms with Gasteiger partial charge in [-0.25, -0.2) is 0 Å². The second kappa shape index (κ2) is 14.2. The Morgan fingerprint density at radius 3 is 1.77 bits per heavy atom. The Labute approximate surface area is 166 Å². The topological polar surface area (TPSA) is 44.5 Å². The van der Waals surface area contributed by atoms with Crippen molar-refractivity contribution in [2.45, 2.75) is 83.6 Å². The van der Waals surface area contributed by atoms with Gasteiger partial charge in [0.2, 0.25) is 0 Å². The molecule has 0 aromatic heterocycles. The highest BCUT2D eigenvalue weighted by Gasteiger charge is 2.12. The van der Waals surface area contributed by atoms with Gasteiger partial charge in [0.25, 0.3) is 0 Å². The number of benzene rings is 1. The van der Waals surface area contributed by atoms with E-state index in [4.69, 9.17) is 15.2 Å². The maximum atomic E-state index is 5.95. The van der Waals surface area contributed by atoms with E-state index < -0.39 is 0 Å². The summed E-state index contributed by atoms with van der Waals surface area (Å²) in [5, 5.41) is 0. The van der Waals surface area contributed by atoms with Crippen molar-refractivity contribution in [1.82, 2.24) is 0 Å². The lowest BCUT2D eigenvalue weighted by molar-refractivity contribution is 0.393. The molecule has 1 aromatic rings. The molecule has 150 valence electrons. The smallest absolute Gasteiger partial charge is 0.122 e. The molecule has 0 aliphatic rings. The number of thiol groups is 1. The Balaban J connectivity index is 2.37. The molecule has 4 heteroatoms. The summed E-state index contributed by atoms with van der Waals surface area (Å²) in [6.45, 7) is 2.01. The highest BCUT2D eigenvalue weighted by atomic mass is 32.1. The van der Waals surface area contributed by atoms with Gasteiger partial charge in [-0.3, -0.25) is 0 Å². The molecule has 26 heavy (non-hydrogen) atoms. The lowest BCUT2D eigenvalue weighted by Crippen LogP contribution is -2.18. The quantitative estimate of drug-likeness (QED) is 0.308. The van der Waals surface area contributed by atoms with E-state index >= 15 is 0 Å². The summed E-state index contributed by atoms with van der Waals surface area (Å²) in [6.07, 6.45) is 13.7. The minimum Gasteiger partial charge on any atom is -0.496 e. The van der Waals surface area contributed by atoms with Gasteiger partial charge in [0, 0.05) is 6.04 Å². The van der Waals surface area contributed by atoms with Crippen molar-refractivity contribution in [3.05, 3.63) is 23.3 Å². The van der Waals surface area contributed by atoms with Crippen molar-refractivity contribution < 1.29 is 9.47 Å². The van der Waals surface area contributed by atoms with Gasteiger partial charge in [-0.2, -0.15) is 12.6 Å². The third-order valence-corrected chi connectivity index (χ3v) is 5.15. The molecular formula is C22H39NO2S. The van der Waals surface area contributed by atoms with Gasteiger partial charge in [0.1, 0.15) is 11.5 Å². The van der Waals surface area contributed by atoms with E-state index in [-0.39, 0.29) is 6.04 Å². The number of methoxy groups -OCH3 is 2. The van der Waals surface area contributed by atoms with Crippen LogP contribution in [0.25, 0.3) is 0 Å². The number of hydrogen-bond acceptors (Lipinski definition) is 4.